The maximum Gasteiger partial charge on any atom is 0.270 e. The van der Waals surface area contributed by atoms with Crippen LogP contribution in [-0.2, 0) is 14.3 Å². The van der Waals surface area contributed by atoms with Crippen LogP contribution in [0.4, 0.5) is 5.69 Å². The number of ether oxygens (including phenoxy) is 1. The van der Waals surface area contributed by atoms with E-state index in [0.29, 0.717) is 54.6 Å². The number of phenolic OH excluding ortho intramolecular Hbond substituents is 1. The number of morpholine rings is 1. The summed E-state index contributed by atoms with van der Waals surface area (Å²) in [7, 11) is 0. The van der Waals surface area contributed by atoms with Gasteiger partial charge in [-0.15, -0.1) is 0 Å². The van der Waals surface area contributed by atoms with Gasteiger partial charge in [0.2, 0.25) is 12.3 Å². The SMILES string of the molecule is CCCCC[C@H](CN(O)C=O)C(=O)NNC(=O)c1ccc(O)c(N2CCOCC2)c1C. The molecule has 1 aromatic rings. The predicted molar refractivity (Wildman–Crippen MR) is 114 cm³/mol. The zero-order valence-corrected chi connectivity index (χ0v) is 18.1. The molecule has 1 aliphatic rings. The van der Waals surface area contributed by atoms with Crippen molar-refractivity contribution in [2.75, 3.05) is 37.7 Å². The Morgan fingerprint density at radius 1 is 1.26 bits per heavy atom. The van der Waals surface area contributed by atoms with Gasteiger partial charge in [0.05, 0.1) is 31.4 Å². The number of nitrogens with one attached hydrogen (secondary N) is 2. The minimum absolute atomic E-state index is 0.0767. The molecular formula is C21H32N4O6. The summed E-state index contributed by atoms with van der Waals surface area (Å²) in [6, 6.07) is 2.95. The maximum atomic E-state index is 12.7. The normalized spacial score (nSPS) is 14.6. The van der Waals surface area contributed by atoms with Crippen LogP contribution in [0.2, 0.25) is 0 Å². The van der Waals surface area contributed by atoms with Crippen molar-refractivity contribution in [2.24, 2.45) is 5.92 Å². The first-order valence-corrected chi connectivity index (χ1v) is 10.5. The highest BCUT2D eigenvalue weighted by Crippen LogP contribution is 2.33. The van der Waals surface area contributed by atoms with Gasteiger partial charge in [-0.3, -0.25) is 30.4 Å². The molecule has 1 fully saturated rings. The molecule has 31 heavy (non-hydrogen) atoms. The number of anilines is 1. The van der Waals surface area contributed by atoms with Crippen LogP contribution in [0.5, 0.6) is 5.75 Å². The van der Waals surface area contributed by atoms with Gasteiger partial charge in [-0.1, -0.05) is 26.2 Å². The summed E-state index contributed by atoms with van der Waals surface area (Å²) in [5, 5.41) is 20.2. The topological polar surface area (TPSA) is 131 Å². The highest BCUT2D eigenvalue weighted by atomic mass is 16.5. The van der Waals surface area contributed by atoms with Gasteiger partial charge in [-0.2, -0.15) is 0 Å². The van der Waals surface area contributed by atoms with Crippen LogP contribution in [0.15, 0.2) is 12.1 Å². The number of rotatable bonds is 10. The number of aromatic hydroxyl groups is 1. The van der Waals surface area contributed by atoms with Crippen molar-refractivity contribution in [1.82, 2.24) is 15.9 Å². The summed E-state index contributed by atoms with van der Waals surface area (Å²) in [4.78, 5) is 37.9. The monoisotopic (exact) mass is 436 g/mol. The van der Waals surface area contributed by atoms with Crippen LogP contribution < -0.4 is 15.8 Å². The van der Waals surface area contributed by atoms with E-state index in [0.717, 1.165) is 19.3 Å². The number of nitrogens with zero attached hydrogens (tertiary/aromatic N) is 2. The van der Waals surface area contributed by atoms with E-state index in [1.54, 1.807) is 6.92 Å². The number of carbonyl (C=O) groups excluding carboxylic acids is 3. The van der Waals surface area contributed by atoms with Crippen molar-refractivity contribution in [2.45, 2.75) is 39.5 Å². The van der Waals surface area contributed by atoms with Crippen LogP contribution in [0.1, 0.15) is 48.5 Å². The molecule has 0 radical (unpaired) electrons. The van der Waals surface area contributed by atoms with E-state index in [-0.39, 0.29) is 18.7 Å². The van der Waals surface area contributed by atoms with Gasteiger partial charge in [-0.05, 0) is 31.0 Å². The molecule has 10 heteroatoms. The molecule has 0 aliphatic carbocycles. The molecule has 172 valence electrons. The lowest BCUT2D eigenvalue weighted by molar-refractivity contribution is -0.154. The summed E-state index contributed by atoms with van der Waals surface area (Å²) < 4.78 is 5.34. The summed E-state index contributed by atoms with van der Waals surface area (Å²) >= 11 is 0. The zero-order chi connectivity index (χ0) is 22.8. The Hall–Kier alpha value is -2.85. The van der Waals surface area contributed by atoms with Crippen LogP contribution in [0.3, 0.4) is 0 Å². The maximum absolute atomic E-state index is 12.7. The van der Waals surface area contributed by atoms with Crippen molar-refractivity contribution in [3.05, 3.63) is 23.3 Å². The Bertz CT molecular complexity index is 766. The smallest absolute Gasteiger partial charge is 0.270 e. The van der Waals surface area contributed by atoms with E-state index in [1.165, 1.54) is 12.1 Å². The molecule has 3 amide bonds. The molecule has 0 bridgehead atoms. The van der Waals surface area contributed by atoms with Crippen LogP contribution in [-0.4, -0.2) is 66.4 Å². The molecule has 1 atom stereocenters. The summed E-state index contributed by atoms with van der Waals surface area (Å²) in [5.74, 6) is -1.60. The molecule has 10 nitrogen and oxygen atoms in total. The molecule has 1 aliphatic heterocycles. The molecule has 2 rings (SSSR count). The quantitative estimate of drug-likeness (QED) is 0.188. The standard InChI is InChI=1S/C21H32N4O6/c1-3-4-5-6-16(13-25(30)14-26)20(28)22-23-21(29)17-7-8-18(27)19(15(17)2)24-9-11-31-12-10-24/h7-8,14,16,27,30H,3-6,9-13H2,1-2H3,(H,22,28)(H,23,29)/t16-/m1/s1. The number of hydrogen-bond acceptors (Lipinski definition) is 7. The number of carbonyl (C=O) groups is 3. The lowest BCUT2D eigenvalue weighted by atomic mass is 10.0. The largest absolute Gasteiger partial charge is 0.506 e. The highest BCUT2D eigenvalue weighted by molar-refractivity contribution is 5.98. The molecule has 0 aromatic heterocycles. The van der Waals surface area contributed by atoms with E-state index < -0.39 is 17.7 Å². The first-order valence-electron chi connectivity index (χ1n) is 10.5. The van der Waals surface area contributed by atoms with Crippen molar-refractivity contribution < 1.29 is 29.4 Å². The molecule has 0 spiro atoms. The predicted octanol–water partition coefficient (Wildman–Crippen LogP) is 1.34. The number of benzene rings is 1. The van der Waals surface area contributed by atoms with Gasteiger partial charge in [-0.25, -0.2) is 5.06 Å². The number of amides is 3. The average Bonchev–Trinajstić information content (AvgIpc) is 2.77. The van der Waals surface area contributed by atoms with Crippen LogP contribution >= 0.6 is 0 Å². The van der Waals surface area contributed by atoms with Crippen molar-refractivity contribution >= 4 is 23.9 Å². The lowest BCUT2D eigenvalue weighted by Crippen LogP contribution is -2.47. The molecular weight excluding hydrogens is 404 g/mol. The molecule has 0 unspecified atom stereocenters. The number of unbranched alkanes of at least 4 members (excludes halogenated alkanes) is 2. The van der Waals surface area contributed by atoms with Gasteiger partial charge in [0.25, 0.3) is 5.91 Å². The molecule has 1 aromatic carbocycles. The van der Waals surface area contributed by atoms with Gasteiger partial charge in [0.1, 0.15) is 5.75 Å². The van der Waals surface area contributed by atoms with E-state index in [2.05, 4.69) is 10.9 Å². The average molecular weight is 437 g/mol. The Balaban J connectivity index is 2.06. The molecule has 0 saturated carbocycles. The van der Waals surface area contributed by atoms with Gasteiger partial charge < -0.3 is 14.7 Å². The van der Waals surface area contributed by atoms with Gasteiger partial charge >= 0.3 is 0 Å². The highest BCUT2D eigenvalue weighted by Gasteiger charge is 2.24. The fourth-order valence-electron chi connectivity index (χ4n) is 3.62. The minimum Gasteiger partial charge on any atom is -0.506 e. The fourth-order valence-corrected chi connectivity index (χ4v) is 3.62. The lowest BCUT2D eigenvalue weighted by Gasteiger charge is -2.31. The Morgan fingerprint density at radius 3 is 2.61 bits per heavy atom. The molecule has 1 saturated heterocycles. The Kier molecular flexibility index (Phi) is 9.54. The van der Waals surface area contributed by atoms with E-state index in [1.807, 2.05) is 11.8 Å². The second-order valence-electron chi connectivity index (χ2n) is 7.57. The van der Waals surface area contributed by atoms with Crippen LogP contribution in [0, 0.1) is 12.8 Å². The number of phenols is 1. The van der Waals surface area contributed by atoms with Crippen LogP contribution in [0.25, 0.3) is 0 Å². The first-order chi connectivity index (χ1) is 14.9. The van der Waals surface area contributed by atoms with E-state index >= 15 is 0 Å². The number of hydrogen-bond donors (Lipinski definition) is 4. The second kappa shape index (κ2) is 12.1. The van der Waals surface area contributed by atoms with Crippen molar-refractivity contribution in [1.29, 1.82) is 0 Å². The third-order valence-corrected chi connectivity index (χ3v) is 5.34. The minimum atomic E-state index is -0.660. The third kappa shape index (κ3) is 6.83. The van der Waals surface area contributed by atoms with Crippen molar-refractivity contribution in [3.8, 4) is 5.75 Å². The Labute approximate surface area is 182 Å². The number of hydrazine groups is 1. The van der Waals surface area contributed by atoms with Crippen molar-refractivity contribution in [3.63, 3.8) is 0 Å². The first kappa shape index (κ1) is 24.4. The summed E-state index contributed by atoms with van der Waals surface area (Å²) in [6.45, 7) is 5.88. The van der Waals surface area contributed by atoms with Gasteiger partial charge in [0.15, 0.2) is 0 Å². The molecule has 4 N–H and O–H groups in total. The van der Waals surface area contributed by atoms with E-state index in [4.69, 9.17) is 4.74 Å². The molecule has 1 heterocycles. The fraction of sp³-hybridized carbons (Fsp3) is 0.571. The van der Waals surface area contributed by atoms with Gasteiger partial charge in [0, 0.05) is 18.7 Å². The summed E-state index contributed by atoms with van der Waals surface area (Å²) in [6.07, 6.45) is 3.35. The third-order valence-electron chi connectivity index (χ3n) is 5.34. The summed E-state index contributed by atoms with van der Waals surface area (Å²) in [5.41, 5.74) is 6.27. The van der Waals surface area contributed by atoms with E-state index in [9.17, 15) is 24.7 Å². The number of hydroxylamine groups is 2. The second-order valence-corrected chi connectivity index (χ2v) is 7.57. The Morgan fingerprint density at radius 2 is 1.97 bits per heavy atom. The zero-order valence-electron chi connectivity index (χ0n) is 18.1.